The summed E-state index contributed by atoms with van der Waals surface area (Å²) >= 11 is 8.56. The van der Waals surface area contributed by atoms with Gasteiger partial charge >= 0.3 is 0 Å². The van der Waals surface area contributed by atoms with E-state index in [9.17, 15) is 4.79 Å². The summed E-state index contributed by atoms with van der Waals surface area (Å²) in [6.07, 6.45) is 0. The number of amides is 1. The second-order valence-electron chi connectivity index (χ2n) is 5.62. The number of para-hydroxylation sites is 2. The number of hydrogen-bond acceptors (Lipinski definition) is 3. The second-order valence-corrected chi connectivity index (χ2v) is 6.94. The van der Waals surface area contributed by atoms with Crippen LogP contribution >= 0.6 is 28.1 Å². The summed E-state index contributed by atoms with van der Waals surface area (Å²) in [5.41, 5.74) is 1.26. The zero-order chi connectivity index (χ0) is 17.5. The summed E-state index contributed by atoms with van der Waals surface area (Å²) in [6, 6.07) is 14.6. The van der Waals surface area contributed by atoms with Gasteiger partial charge in [-0.3, -0.25) is 10.1 Å². The zero-order valence-electron chi connectivity index (χ0n) is 13.5. The first-order valence-electron chi connectivity index (χ1n) is 7.55. The molecule has 0 unspecified atom stereocenters. The van der Waals surface area contributed by atoms with Gasteiger partial charge in [0.05, 0.1) is 12.3 Å². The molecule has 0 heterocycles. The van der Waals surface area contributed by atoms with Crippen LogP contribution in [0.3, 0.4) is 0 Å². The van der Waals surface area contributed by atoms with Gasteiger partial charge in [-0.05, 0) is 54.5 Å². The van der Waals surface area contributed by atoms with Crippen LogP contribution in [0.2, 0.25) is 0 Å². The van der Waals surface area contributed by atoms with Crippen molar-refractivity contribution in [2.24, 2.45) is 5.92 Å². The third-order valence-corrected chi connectivity index (χ3v) is 3.77. The van der Waals surface area contributed by atoms with Crippen molar-refractivity contribution in [3.05, 3.63) is 58.6 Å². The second kappa shape index (κ2) is 8.80. The Morgan fingerprint density at radius 2 is 1.83 bits per heavy atom. The van der Waals surface area contributed by atoms with Gasteiger partial charge in [0.25, 0.3) is 5.91 Å². The van der Waals surface area contributed by atoms with E-state index in [2.05, 4.69) is 40.4 Å². The van der Waals surface area contributed by atoms with Crippen LogP contribution in [0.15, 0.2) is 53.0 Å². The van der Waals surface area contributed by atoms with Crippen LogP contribution in [0.5, 0.6) is 5.75 Å². The maximum absolute atomic E-state index is 12.2. The molecule has 0 spiro atoms. The molecule has 0 bridgehead atoms. The molecule has 24 heavy (non-hydrogen) atoms. The Morgan fingerprint density at radius 3 is 2.50 bits per heavy atom. The van der Waals surface area contributed by atoms with E-state index in [0.29, 0.717) is 23.8 Å². The van der Waals surface area contributed by atoms with Gasteiger partial charge in [0, 0.05) is 10.0 Å². The molecule has 0 fully saturated rings. The highest BCUT2D eigenvalue weighted by atomic mass is 79.9. The monoisotopic (exact) mass is 406 g/mol. The number of rotatable bonds is 5. The molecule has 0 aliphatic heterocycles. The summed E-state index contributed by atoms with van der Waals surface area (Å²) in [7, 11) is 0. The van der Waals surface area contributed by atoms with Gasteiger partial charge in [0.2, 0.25) is 0 Å². The largest absolute Gasteiger partial charge is 0.491 e. The van der Waals surface area contributed by atoms with Crippen LogP contribution in [-0.4, -0.2) is 17.6 Å². The third-order valence-electron chi connectivity index (χ3n) is 3.04. The highest BCUT2D eigenvalue weighted by Gasteiger charge is 2.10. The molecule has 4 nitrogen and oxygen atoms in total. The summed E-state index contributed by atoms with van der Waals surface area (Å²) < 4.78 is 6.68. The lowest BCUT2D eigenvalue weighted by molar-refractivity contribution is 0.0977. The average molecular weight is 407 g/mol. The number of thiocarbonyl (C=S) groups is 1. The molecule has 0 atom stereocenters. The summed E-state index contributed by atoms with van der Waals surface area (Å²) in [6.45, 7) is 4.77. The summed E-state index contributed by atoms with van der Waals surface area (Å²) in [5, 5.41) is 5.90. The van der Waals surface area contributed by atoms with E-state index in [-0.39, 0.29) is 11.0 Å². The molecule has 0 aliphatic carbocycles. The molecule has 0 saturated carbocycles. The van der Waals surface area contributed by atoms with Crippen LogP contribution < -0.4 is 15.4 Å². The normalized spacial score (nSPS) is 10.3. The zero-order valence-corrected chi connectivity index (χ0v) is 15.9. The summed E-state index contributed by atoms with van der Waals surface area (Å²) in [5.74, 6) is 0.856. The van der Waals surface area contributed by atoms with Crippen LogP contribution in [0.1, 0.15) is 24.2 Å². The molecule has 2 N–H and O–H groups in total. The smallest absolute Gasteiger partial charge is 0.257 e. The van der Waals surface area contributed by atoms with Gasteiger partial charge in [0.15, 0.2) is 5.11 Å². The molecule has 2 aromatic carbocycles. The first-order valence-corrected chi connectivity index (χ1v) is 8.75. The molecular formula is C18H19BrN2O2S. The Hall–Kier alpha value is -1.92. The topological polar surface area (TPSA) is 50.4 Å². The number of benzene rings is 2. The average Bonchev–Trinajstić information content (AvgIpc) is 2.54. The van der Waals surface area contributed by atoms with Crippen LogP contribution in [-0.2, 0) is 0 Å². The van der Waals surface area contributed by atoms with Crippen molar-refractivity contribution in [2.75, 3.05) is 11.9 Å². The van der Waals surface area contributed by atoms with Crippen LogP contribution in [0.4, 0.5) is 5.69 Å². The highest BCUT2D eigenvalue weighted by molar-refractivity contribution is 9.10. The van der Waals surface area contributed by atoms with Crippen molar-refractivity contribution in [2.45, 2.75) is 13.8 Å². The Bertz CT molecular complexity index is 717. The van der Waals surface area contributed by atoms with Gasteiger partial charge < -0.3 is 10.1 Å². The molecular weight excluding hydrogens is 388 g/mol. The first-order chi connectivity index (χ1) is 11.5. The van der Waals surface area contributed by atoms with Crippen molar-refractivity contribution >= 4 is 44.9 Å². The fraction of sp³-hybridized carbons (Fsp3) is 0.222. The maximum Gasteiger partial charge on any atom is 0.257 e. The predicted molar refractivity (Wildman–Crippen MR) is 105 cm³/mol. The number of nitrogens with one attached hydrogen (secondary N) is 2. The lowest BCUT2D eigenvalue weighted by Crippen LogP contribution is -2.34. The van der Waals surface area contributed by atoms with Crippen molar-refractivity contribution in [3.8, 4) is 5.75 Å². The molecule has 0 aliphatic rings. The number of carbonyl (C=O) groups is 1. The lowest BCUT2D eigenvalue weighted by Gasteiger charge is -2.15. The number of anilines is 1. The van der Waals surface area contributed by atoms with E-state index in [1.54, 1.807) is 24.3 Å². The van der Waals surface area contributed by atoms with Crippen LogP contribution in [0.25, 0.3) is 0 Å². The number of ether oxygens (including phenoxy) is 1. The molecule has 0 saturated heterocycles. The van der Waals surface area contributed by atoms with Crippen molar-refractivity contribution in [1.29, 1.82) is 0 Å². The molecule has 0 radical (unpaired) electrons. The molecule has 2 aromatic rings. The van der Waals surface area contributed by atoms with Crippen LogP contribution in [0, 0.1) is 5.92 Å². The molecule has 1 amide bonds. The van der Waals surface area contributed by atoms with Gasteiger partial charge in [0.1, 0.15) is 5.75 Å². The minimum Gasteiger partial charge on any atom is -0.491 e. The number of halogens is 1. The number of hydrogen-bond donors (Lipinski definition) is 2. The van der Waals surface area contributed by atoms with Crippen molar-refractivity contribution in [1.82, 2.24) is 5.32 Å². The standard InChI is InChI=1S/C18H19BrN2O2S/c1-12(2)11-23-16-6-4-3-5-15(16)20-18(24)21-17(22)13-7-9-14(19)10-8-13/h3-10,12H,11H2,1-2H3,(H2,20,21,22,24). The Morgan fingerprint density at radius 1 is 1.17 bits per heavy atom. The van der Waals surface area contributed by atoms with E-state index in [1.807, 2.05) is 24.3 Å². The Labute approximate surface area is 155 Å². The lowest BCUT2D eigenvalue weighted by atomic mass is 10.2. The van der Waals surface area contributed by atoms with Gasteiger partial charge in [-0.25, -0.2) is 0 Å². The Kier molecular flexibility index (Phi) is 6.75. The highest BCUT2D eigenvalue weighted by Crippen LogP contribution is 2.24. The van der Waals surface area contributed by atoms with Gasteiger partial charge in [-0.15, -0.1) is 0 Å². The van der Waals surface area contributed by atoms with Crippen molar-refractivity contribution < 1.29 is 9.53 Å². The predicted octanol–water partition coefficient (Wildman–Crippen LogP) is 4.61. The van der Waals surface area contributed by atoms with E-state index >= 15 is 0 Å². The van der Waals surface area contributed by atoms with Crippen molar-refractivity contribution in [3.63, 3.8) is 0 Å². The van der Waals surface area contributed by atoms with E-state index < -0.39 is 0 Å². The van der Waals surface area contributed by atoms with E-state index in [4.69, 9.17) is 17.0 Å². The molecule has 6 heteroatoms. The molecule has 2 rings (SSSR count). The quantitative estimate of drug-likeness (QED) is 0.711. The Balaban J connectivity index is 1.99. The minimum atomic E-state index is -0.263. The van der Waals surface area contributed by atoms with Gasteiger partial charge in [-0.1, -0.05) is 41.9 Å². The molecule has 0 aromatic heterocycles. The van der Waals surface area contributed by atoms with E-state index in [0.717, 1.165) is 10.2 Å². The maximum atomic E-state index is 12.2. The van der Waals surface area contributed by atoms with Gasteiger partial charge in [-0.2, -0.15) is 0 Å². The first kappa shape index (κ1) is 18.4. The van der Waals surface area contributed by atoms with E-state index in [1.165, 1.54) is 0 Å². The minimum absolute atomic E-state index is 0.225. The molecule has 126 valence electrons. The number of carbonyl (C=O) groups excluding carboxylic acids is 1. The summed E-state index contributed by atoms with van der Waals surface area (Å²) in [4.78, 5) is 12.2. The third kappa shape index (κ3) is 5.62. The fourth-order valence-electron chi connectivity index (χ4n) is 1.88. The fourth-order valence-corrected chi connectivity index (χ4v) is 2.35. The SMILES string of the molecule is CC(C)COc1ccccc1NC(=S)NC(=O)c1ccc(Br)cc1.